The van der Waals surface area contributed by atoms with E-state index in [1.165, 1.54) is 5.01 Å². The average Bonchev–Trinajstić information content (AvgIpc) is 3.13. The number of carboxylic acids is 1. The van der Waals surface area contributed by atoms with Gasteiger partial charge in [-0.3, -0.25) is 9.48 Å². The minimum Gasteiger partial charge on any atom is -0.478 e. The van der Waals surface area contributed by atoms with Gasteiger partial charge in [0.1, 0.15) is 5.56 Å². The molecule has 27 heavy (non-hydrogen) atoms. The van der Waals surface area contributed by atoms with Crippen LogP contribution < -0.4 is 0 Å². The first kappa shape index (κ1) is 18.6. The molecule has 1 aromatic carbocycles. The third kappa shape index (κ3) is 4.15. The molecule has 2 aromatic rings. The zero-order valence-electron chi connectivity index (χ0n) is 14.2. The summed E-state index contributed by atoms with van der Waals surface area (Å²) in [4.78, 5) is 22.7. The van der Waals surface area contributed by atoms with Crippen LogP contribution in [-0.4, -0.2) is 37.5 Å². The first-order valence-corrected chi connectivity index (χ1v) is 7.93. The topological polar surface area (TPSA) is 87.8 Å². The molecular weight excluding hydrogens is 365 g/mol. The van der Waals surface area contributed by atoms with Gasteiger partial charge in [-0.1, -0.05) is 24.3 Å². The molecule has 0 atom stereocenters. The highest BCUT2D eigenvalue weighted by atomic mass is 19.4. The summed E-state index contributed by atoms with van der Waals surface area (Å²) >= 11 is 0. The fraction of sp³-hybridized carbons (Fsp3) is 0.294. The number of amides is 1. The lowest BCUT2D eigenvalue weighted by atomic mass is 10.1. The summed E-state index contributed by atoms with van der Waals surface area (Å²) in [6.07, 6.45) is -3.69. The molecule has 0 bridgehead atoms. The fourth-order valence-corrected chi connectivity index (χ4v) is 2.71. The number of benzene rings is 1. The van der Waals surface area contributed by atoms with E-state index >= 15 is 0 Å². The van der Waals surface area contributed by atoms with Crippen LogP contribution in [-0.2, 0) is 24.1 Å². The number of aromatic nitrogens is 2. The number of carboxylic acid groups (broad SMARTS) is 1. The number of carbonyl (C=O) groups is 2. The molecule has 1 aromatic heterocycles. The molecule has 1 aliphatic rings. The molecule has 0 fully saturated rings. The molecule has 2 heterocycles. The van der Waals surface area contributed by atoms with Gasteiger partial charge in [0.05, 0.1) is 19.5 Å². The predicted octanol–water partition coefficient (Wildman–Crippen LogP) is 2.76. The number of nitrogens with zero attached hydrogens (tertiary/aromatic N) is 4. The average molecular weight is 380 g/mol. The molecule has 7 nitrogen and oxygen atoms in total. The Labute approximate surface area is 151 Å². The largest absolute Gasteiger partial charge is 0.478 e. The van der Waals surface area contributed by atoms with Gasteiger partial charge in [-0.25, -0.2) is 9.80 Å². The Morgan fingerprint density at radius 2 is 1.78 bits per heavy atom. The smallest absolute Gasteiger partial charge is 0.436 e. The van der Waals surface area contributed by atoms with Crippen molar-refractivity contribution in [3.63, 3.8) is 0 Å². The minimum absolute atomic E-state index is 0.0173. The van der Waals surface area contributed by atoms with Crippen molar-refractivity contribution in [1.82, 2.24) is 14.8 Å². The molecule has 0 saturated heterocycles. The molecular formula is C17H15F3N4O3. The number of hydrogen-bond acceptors (Lipinski definition) is 4. The number of halogens is 3. The zero-order valence-corrected chi connectivity index (χ0v) is 14.2. The van der Waals surface area contributed by atoms with Crippen LogP contribution in [0.2, 0.25) is 0 Å². The van der Waals surface area contributed by atoms with Crippen molar-refractivity contribution in [2.45, 2.75) is 32.6 Å². The molecule has 1 aliphatic heterocycles. The van der Waals surface area contributed by atoms with Crippen molar-refractivity contribution in [3.05, 3.63) is 52.8 Å². The van der Waals surface area contributed by atoms with E-state index in [0.717, 1.165) is 22.2 Å². The predicted molar refractivity (Wildman–Crippen MR) is 88.0 cm³/mol. The van der Waals surface area contributed by atoms with Gasteiger partial charge in [0.2, 0.25) is 5.91 Å². The molecule has 3 rings (SSSR count). The van der Waals surface area contributed by atoms with E-state index in [0.29, 0.717) is 18.5 Å². The van der Waals surface area contributed by atoms with Crippen LogP contribution in [0.4, 0.5) is 13.2 Å². The number of alkyl halides is 3. The maximum absolute atomic E-state index is 12.9. The van der Waals surface area contributed by atoms with Crippen LogP contribution in [0.15, 0.2) is 35.6 Å². The van der Waals surface area contributed by atoms with Crippen molar-refractivity contribution in [2.24, 2.45) is 5.10 Å². The lowest BCUT2D eigenvalue weighted by Crippen LogP contribution is -2.20. The molecule has 0 radical (unpaired) electrons. The van der Waals surface area contributed by atoms with Gasteiger partial charge in [-0.2, -0.15) is 23.4 Å². The Morgan fingerprint density at radius 3 is 2.22 bits per heavy atom. The van der Waals surface area contributed by atoms with Gasteiger partial charge in [-0.05, 0) is 18.1 Å². The van der Waals surface area contributed by atoms with Crippen LogP contribution >= 0.6 is 0 Å². The Bertz CT molecular complexity index is 916. The van der Waals surface area contributed by atoms with Crippen LogP contribution in [0.5, 0.6) is 0 Å². The summed E-state index contributed by atoms with van der Waals surface area (Å²) in [6.45, 7) is 2.06. The van der Waals surface area contributed by atoms with Crippen molar-refractivity contribution >= 4 is 17.6 Å². The van der Waals surface area contributed by atoms with E-state index in [1.807, 2.05) is 0 Å². The van der Waals surface area contributed by atoms with Crippen LogP contribution in [0, 0.1) is 0 Å². The standard InChI is InChI=1S/C17H15F3N4O3/c1-10-6-14(25)24(21-10)8-12-4-2-11(3-5-12)7-23-9-13(16(26)27)15(22-23)17(18,19)20/h2-5,9H,6-8H2,1H3,(H,26,27). The van der Waals surface area contributed by atoms with E-state index in [4.69, 9.17) is 5.11 Å². The zero-order chi connectivity index (χ0) is 19.8. The van der Waals surface area contributed by atoms with Gasteiger partial charge in [-0.15, -0.1) is 0 Å². The number of carbonyl (C=O) groups excluding carboxylic acids is 1. The highest BCUT2D eigenvalue weighted by molar-refractivity contribution is 6.03. The van der Waals surface area contributed by atoms with E-state index in [1.54, 1.807) is 31.2 Å². The lowest BCUT2D eigenvalue weighted by molar-refractivity contribution is -0.142. The van der Waals surface area contributed by atoms with Crippen molar-refractivity contribution in [1.29, 1.82) is 0 Å². The number of rotatable bonds is 5. The molecule has 10 heteroatoms. The maximum Gasteiger partial charge on any atom is 0.436 e. The van der Waals surface area contributed by atoms with Crippen molar-refractivity contribution in [3.8, 4) is 0 Å². The van der Waals surface area contributed by atoms with Crippen LogP contribution in [0.25, 0.3) is 0 Å². The summed E-state index contributed by atoms with van der Waals surface area (Å²) in [5, 5.41) is 17.8. The molecule has 0 aliphatic carbocycles. The van der Waals surface area contributed by atoms with Crippen LogP contribution in [0.3, 0.4) is 0 Å². The van der Waals surface area contributed by atoms with E-state index in [9.17, 15) is 22.8 Å². The summed E-state index contributed by atoms with van der Waals surface area (Å²) in [6, 6.07) is 6.83. The number of hydrogen-bond donors (Lipinski definition) is 1. The first-order valence-electron chi connectivity index (χ1n) is 7.93. The highest BCUT2D eigenvalue weighted by Crippen LogP contribution is 2.30. The summed E-state index contributed by atoms with van der Waals surface area (Å²) in [7, 11) is 0. The molecule has 142 valence electrons. The third-order valence-corrected chi connectivity index (χ3v) is 3.95. The molecule has 1 N–H and O–H groups in total. The SMILES string of the molecule is CC1=NN(Cc2ccc(Cn3cc(C(=O)O)c(C(F)(F)F)n3)cc2)C(=O)C1. The highest BCUT2D eigenvalue weighted by Gasteiger charge is 2.39. The Hall–Kier alpha value is -3.17. The Balaban J connectivity index is 1.73. The van der Waals surface area contributed by atoms with Gasteiger partial charge in [0.15, 0.2) is 5.69 Å². The Morgan fingerprint density at radius 1 is 1.19 bits per heavy atom. The van der Waals surface area contributed by atoms with Gasteiger partial charge in [0.25, 0.3) is 0 Å². The van der Waals surface area contributed by atoms with Gasteiger partial charge in [0, 0.05) is 11.9 Å². The Kier molecular flexibility index (Phi) is 4.73. The second kappa shape index (κ2) is 6.86. The minimum atomic E-state index is -4.84. The molecule has 0 saturated carbocycles. The summed E-state index contributed by atoms with van der Waals surface area (Å²) in [5.41, 5.74) is -0.120. The number of aromatic carboxylic acids is 1. The summed E-state index contributed by atoms with van der Waals surface area (Å²) < 4.78 is 39.6. The first-order chi connectivity index (χ1) is 12.6. The number of hydrazone groups is 1. The van der Waals surface area contributed by atoms with E-state index in [2.05, 4.69) is 10.2 Å². The van der Waals surface area contributed by atoms with Gasteiger partial charge < -0.3 is 5.11 Å². The molecule has 0 unspecified atom stereocenters. The van der Waals surface area contributed by atoms with Crippen molar-refractivity contribution < 1.29 is 27.9 Å². The normalized spacial score (nSPS) is 14.6. The fourth-order valence-electron chi connectivity index (χ4n) is 2.71. The van der Waals surface area contributed by atoms with Gasteiger partial charge >= 0.3 is 12.1 Å². The van der Waals surface area contributed by atoms with E-state index < -0.39 is 23.4 Å². The quantitative estimate of drug-likeness (QED) is 0.864. The van der Waals surface area contributed by atoms with E-state index in [-0.39, 0.29) is 12.5 Å². The van der Waals surface area contributed by atoms with Crippen LogP contribution in [0.1, 0.15) is 40.5 Å². The van der Waals surface area contributed by atoms with Crippen molar-refractivity contribution in [2.75, 3.05) is 0 Å². The monoisotopic (exact) mass is 380 g/mol. The maximum atomic E-state index is 12.9. The molecule has 1 amide bonds. The molecule has 0 spiro atoms. The third-order valence-electron chi connectivity index (χ3n) is 3.95. The lowest BCUT2D eigenvalue weighted by Gasteiger charge is -2.12. The second-order valence-electron chi connectivity index (χ2n) is 6.17. The second-order valence-corrected chi connectivity index (χ2v) is 6.17. The summed E-state index contributed by atoms with van der Waals surface area (Å²) in [5.74, 6) is -1.77.